The second-order valence-corrected chi connectivity index (χ2v) is 4.66. The monoisotopic (exact) mass is 229 g/mol. The number of hydrogen-bond donors (Lipinski definition) is 1. The molecule has 3 rings (SSSR count). The van der Waals surface area contributed by atoms with Crippen molar-refractivity contribution < 1.29 is 0 Å². The molecule has 0 aliphatic carbocycles. The molecule has 2 N–H and O–H groups in total. The minimum atomic E-state index is 0.755. The fourth-order valence-electron chi connectivity index (χ4n) is 1.83. The molecule has 16 heavy (non-hydrogen) atoms. The highest BCUT2D eigenvalue weighted by atomic mass is 32.1. The summed E-state index contributed by atoms with van der Waals surface area (Å²) in [5, 5.41) is 2.06. The number of hydrogen-bond acceptors (Lipinski definition) is 3. The number of nitrogen functional groups attached to an aromatic ring is 1. The van der Waals surface area contributed by atoms with E-state index in [9.17, 15) is 0 Å². The van der Waals surface area contributed by atoms with Crippen LogP contribution < -0.4 is 5.73 Å². The zero-order valence-electron chi connectivity index (χ0n) is 8.84. The lowest BCUT2D eigenvalue weighted by Crippen LogP contribution is -1.91. The van der Waals surface area contributed by atoms with Crippen molar-refractivity contribution >= 4 is 22.7 Å². The highest BCUT2D eigenvalue weighted by Crippen LogP contribution is 2.28. The molecular weight excluding hydrogens is 218 g/mol. The van der Waals surface area contributed by atoms with Gasteiger partial charge in [0.25, 0.3) is 0 Å². The van der Waals surface area contributed by atoms with E-state index in [2.05, 4.69) is 23.4 Å². The number of thiophene rings is 1. The van der Waals surface area contributed by atoms with Gasteiger partial charge >= 0.3 is 0 Å². The minimum absolute atomic E-state index is 0.755. The Kier molecular flexibility index (Phi) is 1.97. The molecule has 0 saturated carbocycles. The van der Waals surface area contributed by atoms with Crippen LogP contribution in [0.2, 0.25) is 0 Å². The second kappa shape index (κ2) is 3.35. The molecule has 3 aromatic heterocycles. The van der Waals surface area contributed by atoms with Gasteiger partial charge in [-0.15, -0.1) is 11.3 Å². The zero-order valence-corrected chi connectivity index (χ0v) is 9.66. The Balaban J connectivity index is 2.32. The maximum Gasteiger partial charge on any atom is 0.137 e. The summed E-state index contributed by atoms with van der Waals surface area (Å²) >= 11 is 1.70. The Morgan fingerprint density at radius 1 is 1.31 bits per heavy atom. The maximum absolute atomic E-state index is 5.77. The van der Waals surface area contributed by atoms with Crippen molar-refractivity contribution in [1.29, 1.82) is 0 Å². The SMILES string of the molecule is Cc1c(-c2cccs2)nc2ccc(N)cn12. The Hall–Kier alpha value is -1.81. The third kappa shape index (κ3) is 1.31. The van der Waals surface area contributed by atoms with Crippen molar-refractivity contribution in [1.82, 2.24) is 9.38 Å². The van der Waals surface area contributed by atoms with E-state index in [0.29, 0.717) is 0 Å². The van der Waals surface area contributed by atoms with Gasteiger partial charge in [0.1, 0.15) is 11.3 Å². The fraction of sp³-hybridized carbons (Fsp3) is 0.0833. The van der Waals surface area contributed by atoms with Crippen molar-refractivity contribution in [3.8, 4) is 10.6 Å². The molecule has 0 saturated heterocycles. The molecular formula is C12H11N3S. The lowest BCUT2D eigenvalue weighted by Gasteiger charge is -1.98. The van der Waals surface area contributed by atoms with Crippen LogP contribution in [-0.4, -0.2) is 9.38 Å². The molecule has 0 amide bonds. The topological polar surface area (TPSA) is 43.3 Å². The van der Waals surface area contributed by atoms with E-state index >= 15 is 0 Å². The molecule has 3 heterocycles. The van der Waals surface area contributed by atoms with Gasteiger partial charge in [-0.3, -0.25) is 0 Å². The van der Waals surface area contributed by atoms with E-state index in [-0.39, 0.29) is 0 Å². The van der Waals surface area contributed by atoms with Gasteiger partial charge in [-0.1, -0.05) is 6.07 Å². The average molecular weight is 229 g/mol. The largest absolute Gasteiger partial charge is 0.398 e. The Morgan fingerprint density at radius 3 is 2.94 bits per heavy atom. The van der Waals surface area contributed by atoms with Crippen LogP contribution in [0.5, 0.6) is 0 Å². The van der Waals surface area contributed by atoms with E-state index in [1.165, 1.54) is 4.88 Å². The number of nitrogens with two attached hydrogens (primary N) is 1. The maximum atomic E-state index is 5.77. The molecule has 3 aromatic rings. The first-order valence-electron chi connectivity index (χ1n) is 5.04. The van der Waals surface area contributed by atoms with Crippen LogP contribution in [0.15, 0.2) is 35.8 Å². The highest BCUT2D eigenvalue weighted by molar-refractivity contribution is 7.13. The summed E-state index contributed by atoms with van der Waals surface area (Å²) in [6, 6.07) is 7.94. The molecule has 3 nitrogen and oxygen atoms in total. The van der Waals surface area contributed by atoms with Gasteiger partial charge in [0.15, 0.2) is 0 Å². The Morgan fingerprint density at radius 2 is 2.19 bits per heavy atom. The van der Waals surface area contributed by atoms with Crippen molar-refractivity contribution in [2.24, 2.45) is 0 Å². The van der Waals surface area contributed by atoms with E-state index in [4.69, 9.17) is 5.73 Å². The summed E-state index contributed by atoms with van der Waals surface area (Å²) in [5.74, 6) is 0. The number of rotatable bonds is 1. The summed E-state index contributed by atoms with van der Waals surface area (Å²) in [4.78, 5) is 5.81. The average Bonchev–Trinajstić information content (AvgIpc) is 2.87. The summed E-state index contributed by atoms with van der Waals surface area (Å²) in [6.45, 7) is 2.06. The van der Waals surface area contributed by atoms with Crippen molar-refractivity contribution in [2.75, 3.05) is 5.73 Å². The normalized spacial score (nSPS) is 11.1. The molecule has 0 aliphatic rings. The number of pyridine rings is 1. The van der Waals surface area contributed by atoms with Crippen LogP contribution in [-0.2, 0) is 0 Å². The fourth-order valence-corrected chi connectivity index (χ4v) is 2.59. The lowest BCUT2D eigenvalue weighted by atomic mass is 10.3. The van der Waals surface area contributed by atoms with Crippen molar-refractivity contribution in [2.45, 2.75) is 6.92 Å². The van der Waals surface area contributed by atoms with Gasteiger partial charge < -0.3 is 10.1 Å². The quantitative estimate of drug-likeness (QED) is 0.697. The van der Waals surface area contributed by atoms with Gasteiger partial charge in [0.05, 0.1) is 4.88 Å². The van der Waals surface area contributed by atoms with E-state index in [0.717, 1.165) is 22.7 Å². The van der Waals surface area contributed by atoms with Gasteiger partial charge in [-0.05, 0) is 30.5 Å². The van der Waals surface area contributed by atoms with Crippen LogP contribution in [0.1, 0.15) is 5.69 Å². The lowest BCUT2D eigenvalue weighted by molar-refractivity contribution is 1.11. The first kappa shape index (κ1) is 9.42. The first-order chi connectivity index (χ1) is 7.75. The van der Waals surface area contributed by atoms with Gasteiger partial charge in [-0.25, -0.2) is 4.98 Å². The van der Waals surface area contributed by atoms with Crippen LogP contribution in [0.4, 0.5) is 5.69 Å². The molecule has 80 valence electrons. The van der Waals surface area contributed by atoms with E-state index in [1.807, 2.05) is 28.8 Å². The number of anilines is 1. The molecule has 0 atom stereocenters. The highest BCUT2D eigenvalue weighted by Gasteiger charge is 2.10. The van der Waals surface area contributed by atoms with Crippen LogP contribution in [0, 0.1) is 6.92 Å². The first-order valence-corrected chi connectivity index (χ1v) is 5.92. The number of fused-ring (bicyclic) bond motifs is 1. The van der Waals surface area contributed by atoms with E-state index in [1.54, 1.807) is 11.3 Å². The summed E-state index contributed by atoms with van der Waals surface area (Å²) in [6.07, 6.45) is 1.91. The second-order valence-electron chi connectivity index (χ2n) is 3.71. The number of nitrogens with zero attached hydrogens (tertiary/aromatic N) is 2. The van der Waals surface area contributed by atoms with Crippen molar-refractivity contribution in [3.05, 3.63) is 41.5 Å². The molecule has 0 unspecified atom stereocenters. The molecule has 0 spiro atoms. The van der Waals surface area contributed by atoms with E-state index < -0.39 is 0 Å². The van der Waals surface area contributed by atoms with Gasteiger partial charge in [0.2, 0.25) is 0 Å². The summed E-state index contributed by atoms with van der Waals surface area (Å²) in [7, 11) is 0. The molecule has 0 radical (unpaired) electrons. The number of aryl methyl sites for hydroxylation is 1. The molecule has 4 heteroatoms. The summed E-state index contributed by atoms with van der Waals surface area (Å²) in [5.41, 5.74) is 9.64. The van der Waals surface area contributed by atoms with Crippen LogP contribution in [0.3, 0.4) is 0 Å². The zero-order chi connectivity index (χ0) is 11.1. The standard InChI is InChI=1S/C12H11N3S/c1-8-12(10-3-2-6-16-10)14-11-5-4-9(13)7-15(8)11/h2-7H,13H2,1H3. The third-order valence-electron chi connectivity index (χ3n) is 2.63. The molecule has 0 bridgehead atoms. The van der Waals surface area contributed by atoms with Crippen LogP contribution >= 0.6 is 11.3 Å². The van der Waals surface area contributed by atoms with Gasteiger partial charge in [0, 0.05) is 17.6 Å². The minimum Gasteiger partial charge on any atom is -0.398 e. The molecule has 0 aliphatic heterocycles. The molecule has 0 aromatic carbocycles. The summed E-state index contributed by atoms with van der Waals surface area (Å²) < 4.78 is 2.03. The van der Waals surface area contributed by atoms with Crippen LogP contribution in [0.25, 0.3) is 16.2 Å². The number of aromatic nitrogens is 2. The van der Waals surface area contributed by atoms with Gasteiger partial charge in [-0.2, -0.15) is 0 Å². The third-order valence-corrected chi connectivity index (χ3v) is 3.51. The van der Waals surface area contributed by atoms with Crippen molar-refractivity contribution in [3.63, 3.8) is 0 Å². The Bertz CT molecular complexity index is 638. The smallest absolute Gasteiger partial charge is 0.137 e. The predicted octanol–water partition coefficient (Wildman–Crippen LogP) is 2.95. The predicted molar refractivity (Wildman–Crippen MR) is 67.7 cm³/mol. The number of imidazole rings is 1. The Labute approximate surface area is 97.2 Å². The molecule has 0 fully saturated rings.